The number of nitrogens with two attached hydrogens (primary N) is 1. The lowest BCUT2D eigenvalue weighted by molar-refractivity contribution is 0.0621. The second-order valence-electron chi connectivity index (χ2n) is 4.32. The van der Waals surface area contributed by atoms with Gasteiger partial charge < -0.3 is 15.8 Å². The smallest absolute Gasteiger partial charge is 0.248 e. The molecular formula is C13H18N2O2. The molecule has 1 aliphatic heterocycles. The van der Waals surface area contributed by atoms with Crippen LogP contribution >= 0.6 is 0 Å². The fraction of sp³-hybridized carbons (Fsp3) is 0.462. The van der Waals surface area contributed by atoms with Crippen molar-refractivity contribution in [2.45, 2.75) is 18.4 Å². The predicted molar refractivity (Wildman–Crippen MR) is 66.0 cm³/mol. The van der Waals surface area contributed by atoms with E-state index in [2.05, 4.69) is 5.32 Å². The molecule has 0 aliphatic carbocycles. The number of carbonyl (C=O) groups is 1. The molecule has 2 unspecified atom stereocenters. The van der Waals surface area contributed by atoms with Crippen molar-refractivity contribution in [2.24, 2.45) is 5.73 Å². The lowest BCUT2D eigenvalue weighted by Gasteiger charge is -2.32. The second-order valence-corrected chi connectivity index (χ2v) is 4.32. The van der Waals surface area contributed by atoms with Gasteiger partial charge in [0.25, 0.3) is 0 Å². The quantitative estimate of drug-likeness (QED) is 0.816. The molecule has 0 saturated carbocycles. The first-order chi connectivity index (χ1) is 8.24. The van der Waals surface area contributed by atoms with Crippen molar-refractivity contribution >= 4 is 5.91 Å². The molecule has 3 N–H and O–H groups in total. The number of ether oxygens (including phenoxy) is 1. The highest BCUT2D eigenvalue weighted by molar-refractivity contribution is 5.94. The fourth-order valence-corrected chi connectivity index (χ4v) is 2.48. The Hall–Kier alpha value is -1.39. The zero-order valence-corrected chi connectivity index (χ0v) is 9.98. The molecule has 4 nitrogen and oxygen atoms in total. The number of nitrogens with one attached hydrogen (secondary N) is 1. The minimum absolute atomic E-state index is 0.101. The van der Waals surface area contributed by atoms with Crippen LogP contribution in [-0.4, -0.2) is 32.2 Å². The van der Waals surface area contributed by atoms with Crippen molar-refractivity contribution in [3.8, 4) is 0 Å². The fourth-order valence-electron chi connectivity index (χ4n) is 2.48. The van der Waals surface area contributed by atoms with Crippen LogP contribution in [0.15, 0.2) is 24.3 Å². The van der Waals surface area contributed by atoms with Crippen molar-refractivity contribution in [1.82, 2.24) is 5.32 Å². The lowest BCUT2D eigenvalue weighted by Crippen LogP contribution is -2.41. The molecule has 0 bridgehead atoms. The van der Waals surface area contributed by atoms with E-state index >= 15 is 0 Å². The third-order valence-corrected chi connectivity index (χ3v) is 3.35. The zero-order valence-electron chi connectivity index (χ0n) is 9.98. The molecule has 1 heterocycles. The number of rotatable bonds is 3. The molecule has 92 valence electrons. The summed E-state index contributed by atoms with van der Waals surface area (Å²) in [7, 11) is 1.71. The highest BCUT2D eigenvalue weighted by Gasteiger charge is 2.28. The molecule has 1 aromatic rings. The summed E-state index contributed by atoms with van der Waals surface area (Å²) in [5.41, 5.74) is 7.03. The van der Waals surface area contributed by atoms with Gasteiger partial charge >= 0.3 is 0 Å². The molecule has 2 rings (SSSR count). The van der Waals surface area contributed by atoms with E-state index < -0.39 is 0 Å². The summed E-state index contributed by atoms with van der Waals surface area (Å²) in [5.74, 6) is -0.126. The van der Waals surface area contributed by atoms with Crippen LogP contribution in [-0.2, 0) is 4.74 Å². The van der Waals surface area contributed by atoms with Crippen LogP contribution in [0, 0.1) is 0 Å². The van der Waals surface area contributed by atoms with Crippen LogP contribution in [0.1, 0.15) is 28.3 Å². The van der Waals surface area contributed by atoms with Gasteiger partial charge in [-0.25, -0.2) is 0 Å². The molecule has 1 fully saturated rings. The molecule has 0 aromatic heterocycles. The third-order valence-electron chi connectivity index (χ3n) is 3.35. The number of hydrogen-bond acceptors (Lipinski definition) is 3. The molecule has 0 spiro atoms. The summed E-state index contributed by atoms with van der Waals surface area (Å²) in [5, 5.41) is 3.29. The minimum atomic E-state index is -0.367. The van der Waals surface area contributed by atoms with Gasteiger partial charge in [0.15, 0.2) is 0 Å². The largest absolute Gasteiger partial charge is 0.379 e. The first-order valence-corrected chi connectivity index (χ1v) is 5.86. The number of carbonyl (C=O) groups excluding carboxylic acids is 1. The molecular weight excluding hydrogens is 216 g/mol. The van der Waals surface area contributed by atoms with E-state index in [4.69, 9.17) is 10.5 Å². The van der Waals surface area contributed by atoms with E-state index in [9.17, 15) is 4.79 Å². The van der Waals surface area contributed by atoms with Gasteiger partial charge in [-0.1, -0.05) is 18.2 Å². The maximum atomic E-state index is 11.4. The van der Waals surface area contributed by atoms with Crippen LogP contribution in [0.25, 0.3) is 0 Å². The van der Waals surface area contributed by atoms with Crippen LogP contribution in [0.3, 0.4) is 0 Å². The number of piperidine rings is 1. The molecule has 4 heteroatoms. The molecule has 17 heavy (non-hydrogen) atoms. The van der Waals surface area contributed by atoms with Gasteiger partial charge in [-0.05, 0) is 24.6 Å². The summed E-state index contributed by atoms with van der Waals surface area (Å²) < 4.78 is 5.48. The van der Waals surface area contributed by atoms with Crippen LogP contribution < -0.4 is 11.1 Å². The topological polar surface area (TPSA) is 64.3 Å². The van der Waals surface area contributed by atoms with E-state index in [-0.39, 0.29) is 17.9 Å². The van der Waals surface area contributed by atoms with Crippen LogP contribution in [0.2, 0.25) is 0 Å². The second kappa shape index (κ2) is 5.29. The number of methoxy groups -OCH3 is 1. The first kappa shape index (κ1) is 12.1. The SMILES string of the molecule is COC1CNCCC1c1ccccc1C(N)=O. The predicted octanol–water partition coefficient (Wildman–Crippen LogP) is 0.877. The van der Waals surface area contributed by atoms with Crippen molar-refractivity contribution < 1.29 is 9.53 Å². The maximum Gasteiger partial charge on any atom is 0.248 e. The number of primary amides is 1. The number of benzene rings is 1. The van der Waals surface area contributed by atoms with Crippen molar-refractivity contribution in [3.05, 3.63) is 35.4 Å². The van der Waals surface area contributed by atoms with E-state index in [0.717, 1.165) is 25.1 Å². The summed E-state index contributed by atoms with van der Waals surface area (Å²) in [4.78, 5) is 11.4. The highest BCUT2D eigenvalue weighted by atomic mass is 16.5. The van der Waals surface area contributed by atoms with E-state index in [1.807, 2.05) is 18.2 Å². The summed E-state index contributed by atoms with van der Waals surface area (Å²) in [6.07, 6.45) is 1.06. The van der Waals surface area contributed by atoms with Gasteiger partial charge in [-0.15, -0.1) is 0 Å². The summed E-state index contributed by atoms with van der Waals surface area (Å²) in [6.45, 7) is 1.76. The van der Waals surface area contributed by atoms with Crippen LogP contribution in [0.5, 0.6) is 0 Å². The van der Waals surface area contributed by atoms with E-state index in [1.165, 1.54) is 0 Å². The van der Waals surface area contributed by atoms with Gasteiger partial charge in [0, 0.05) is 25.1 Å². The maximum absolute atomic E-state index is 11.4. The standard InChI is InChI=1S/C13H18N2O2/c1-17-12-8-15-7-6-10(12)9-4-2-3-5-11(9)13(14)16/h2-5,10,12,15H,6-8H2,1H3,(H2,14,16). The van der Waals surface area contributed by atoms with Gasteiger partial charge in [-0.3, -0.25) is 4.79 Å². The Balaban J connectivity index is 2.34. The Morgan fingerprint density at radius 3 is 2.94 bits per heavy atom. The van der Waals surface area contributed by atoms with Gasteiger partial charge in [0.1, 0.15) is 0 Å². The average Bonchev–Trinajstić information content (AvgIpc) is 2.38. The van der Waals surface area contributed by atoms with Gasteiger partial charge in [-0.2, -0.15) is 0 Å². The summed E-state index contributed by atoms with van der Waals surface area (Å²) >= 11 is 0. The highest BCUT2D eigenvalue weighted by Crippen LogP contribution is 2.29. The Bertz CT molecular complexity index is 406. The van der Waals surface area contributed by atoms with E-state index in [0.29, 0.717) is 5.56 Å². The summed E-state index contributed by atoms with van der Waals surface area (Å²) in [6, 6.07) is 7.54. The van der Waals surface area contributed by atoms with Crippen molar-refractivity contribution in [3.63, 3.8) is 0 Å². The third kappa shape index (κ3) is 2.48. The van der Waals surface area contributed by atoms with Crippen molar-refractivity contribution in [1.29, 1.82) is 0 Å². The Labute approximate surface area is 101 Å². The number of amides is 1. The first-order valence-electron chi connectivity index (χ1n) is 5.86. The normalized spacial score (nSPS) is 24.5. The minimum Gasteiger partial charge on any atom is -0.379 e. The molecule has 1 amide bonds. The number of hydrogen-bond donors (Lipinski definition) is 2. The van der Waals surface area contributed by atoms with Crippen LogP contribution in [0.4, 0.5) is 0 Å². The molecule has 1 aliphatic rings. The van der Waals surface area contributed by atoms with E-state index in [1.54, 1.807) is 13.2 Å². The molecule has 1 saturated heterocycles. The Morgan fingerprint density at radius 1 is 1.47 bits per heavy atom. The Morgan fingerprint density at radius 2 is 2.24 bits per heavy atom. The van der Waals surface area contributed by atoms with Gasteiger partial charge in [0.2, 0.25) is 5.91 Å². The van der Waals surface area contributed by atoms with Crippen molar-refractivity contribution in [2.75, 3.05) is 20.2 Å². The zero-order chi connectivity index (χ0) is 12.3. The monoisotopic (exact) mass is 234 g/mol. The molecule has 1 aromatic carbocycles. The molecule has 2 atom stereocenters. The Kier molecular flexibility index (Phi) is 3.76. The molecule has 0 radical (unpaired) electrons. The average molecular weight is 234 g/mol. The lowest BCUT2D eigenvalue weighted by atomic mass is 9.85. The van der Waals surface area contributed by atoms with Gasteiger partial charge in [0.05, 0.1) is 6.10 Å².